The van der Waals surface area contributed by atoms with Gasteiger partial charge in [0.25, 0.3) is 0 Å². The summed E-state index contributed by atoms with van der Waals surface area (Å²) in [6.45, 7) is 2.40. The van der Waals surface area contributed by atoms with Gasteiger partial charge in [-0.2, -0.15) is 5.10 Å². The molecular weight excluding hydrogens is 441 g/mol. The van der Waals surface area contributed by atoms with E-state index < -0.39 is 0 Å². The first kappa shape index (κ1) is 18.5. The zero-order valence-electron chi connectivity index (χ0n) is 14.6. The number of anilines is 1. The first-order valence-electron chi connectivity index (χ1n) is 8.23. The van der Waals surface area contributed by atoms with Gasteiger partial charge in [-0.1, -0.05) is 18.2 Å². The number of carbonyl (C=O) groups excluding carboxylic acids is 1. The summed E-state index contributed by atoms with van der Waals surface area (Å²) in [5.41, 5.74) is 2.91. The molecule has 3 aromatic rings. The van der Waals surface area contributed by atoms with Crippen molar-refractivity contribution in [3.63, 3.8) is 0 Å². The van der Waals surface area contributed by atoms with Crippen LogP contribution >= 0.6 is 22.6 Å². The average molecular weight is 461 g/mol. The van der Waals surface area contributed by atoms with Gasteiger partial charge in [0.1, 0.15) is 12.7 Å². The first-order valence-corrected chi connectivity index (χ1v) is 9.31. The molecule has 0 fully saturated rings. The van der Waals surface area contributed by atoms with E-state index in [9.17, 15) is 4.79 Å². The van der Waals surface area contributed by atoms with E-state index in [-0.39, 0.29) is 11.9 Å². The lowest BCUT2D eigenvalue weighted by atomic mass is 10.1. The molecule has 7 heteroatoms. The molecule has 0 aliphatic heterocycles. The van der Waals surface area contributed by atoms with E-state index >= 15 is 0 Å². The molecule has 0 spiro atoms. The molecule has 2 aromatic carbocycles. The van der Waals surface area contributed by atoms with Crippen LogP contribution in [0.4, 0.5) is 5.69 Å². The third-order valence-corrected chi connectivity index (χ3v) is 4.89. The summed E-state index contributed by atoms with van der Waals surface area (Å²) in [5, 5.41) is 7.07. The van der Waals surface area contributed by atoms with Gasteiger partial charge in [-0.25, -0.2) is 9.67 Å². The molecule has 134 valence electrons. The Kier molecular flexibility index (Phi) is 6.00. The number of benzene rings is 2. The molecule has 1 unspecified atom stereocenters. The minimum atomic E-state index is -0.0272. The van der Waals surface area contributed by atoms with Crippen LogP contribution in [-0.4, -0.2) is 39.2 Å². The molecule has 0 aliphatic rings. The molecule has 1 heterocycles. The maximum absolute atomic E-state index is 12.3. The number of hydrogen-bond donors (Lipinski definition) is 1. The van der Waals surface area contributed by atoms with E-state index in [4.69, 9.17) is 0 Å². The van der Waals surface area contributed by atoms with Gasteiger partial charge < -0.3 is 5.32 Å². The Morgan fingerprint density at radius 3 is 2.69 bits per heavy atom. The molecule has 0 radical (unpaired) electrons. The van der Waals surface area contributed by atoms with Gasteiger partial charge in [0, 0.05) is 15.3 Å². The SMILES string of the molecule is CC(c1ccc(-n2cncn2)cc1)N(C)CC(=O)Nc1cccc(I)c1. The van der Waals surface area contributed by atoms with E-state index in [1.165, 1.54) is 6.33 Å². The van der Waals surface area contributed by atoms with Gasteiger partial charge in [0.05, 0.1) is 12.2 Å². The second-order valence-electron chi connectivity index (χ2n) is 6.08. The Balaban J connectivity index is 1.60. The molecule has 0 saturated heterocycles. The van der Waals surface area contributed by atoms with Gasteiger partial charge in [-0.15, -0.1) is 0 Å². The third kappa shape index (κ3) is 4.67. The predicted octanol–water partition coefficient (Wildman–Crippen LogP) is 3.50. The normalized spacial score (nSPS) is 12.2. The summed E-state index contributed by atoms with van der Waals surface area (Å²) >= 11 is 2.23. The molecule has 26 heavy (non-hydrogen) atoms. The number of amides is 1. The van der Waals surface area contributed by atoms with Crippen LogP contribution in [0, 0.1) is 3.57 Å². The van der Waals surface area contributed by atoms with Crippen molar-refractivity contribution in [2.24, 2.45) is 0 Å². The number of likely N-dealkylation sites (N-methyl/N-ethyl adjacent to an activating group) is 1. The second-order valence-corrected chi connectivity index (χ2v) is 7.33. The third-order valence-electron chi connectivity index (χ3n) is 4.22. The van der Waals surface area contributed by atoms with E-state index in [0.717, 1.165) is 20.5 Å². The van der Waals surface area contributed by atoms with Crippen molar-refractivity contribution in [3.05, 3.63) is 70.3 Å². The lowest BCUT2D eigenvalue weighted by Crippen LogP contribution is -2.32. The van der Waals surface area contributed by atoms with Crippen molar-refractivity contribution in [2.45, 2.75) is 13.0 Å². The van der Waals surface area contributed by atoms with Crippen LogP contribution in [0.1, 0.15) is 18.5 Å². The molecule has 1 atom stereocenters. The number of nitrogens with one attached hydrogen (secondary N) is 1. The fourth-order valence-electron chi connectivity index (χ4n) is 2.63. The summed E-state index contributed by atoms with van der Waals surface area (Å²) in [7, 11) is 1.95. The summed E-state index contributed by atoms with van der Waals surface area (Å²) < 4.78 is 2.81. The Hall–Kier alpha value is -2.26. The minimum absolute atomic E-state index is 0.0272. The van der Waals surface area contributed by atoms with Crippen molar-refractivity contribution < 1.29 is 4.79 Å². The van der Waals surface area contributed by atoms with Gasteiger partial charge in [0.2, 0.25) is 5.91 Å². The van der Waals surface area contributed by atoms with E-state index in [1.54, 1.807) is 11.0 Å². The topological polar surface area (TPSA) is 63.1 Å². The molecule has 1 amide bonds. The molecule has 1 N–H and O–H groups in total. The molecule has 0 bridgehead atoms. The van der Waals surface area contributed by atoms with Gasteiger partial charge in [0.15, 0.2) is 0 Å². The van der Waals surface area contributed by atoms with E-state index in [0.29, 0.717) is 6.54 Å². The second kappa shape index (κ2) is 8.41. The van der Waals surface area contributed by atoms with Crippen molar-refractivity contribution in [1.29, 1.82) is 0 Å². The summed E-state index contributed by atoms with van der Waals surface area (Å²) in [6, 6.07) is 16.0. The predicted molar refractivity (Wildman–Crippen MR) is 110 cm³/mol. The highest BCUT2D eigenvalue weighted by atomic mass is 127. The standard InChI is InChI=1S/C19H20IN5O/c1-14(15-6-8-18(9-7-15)25-13-21-12-22-25)24(2)11-19(26)23-17-5-3-4-16(20)10-17/h3-10,12-14H,11H2,1-2H3,(H,23,26). The molecule has 3 rings (SSSR count). The van der Waals surface area contributed by atoms with Crippen LogP contribution in [0.15, 0.2) is 61.2 Å². The zero-order valence-corrected chi connectivity index (χ0v) is 16.8. The number of hydrogen-bond acceptors (Lipinski definition) is 4. The monoisotopic (exact) mass is 461 g/mol. The first-order chi connectivity index (χ1) is 12.5. The number of carbonyl (C=O) groups is 1. The fraction of sp³-hybridized carbons (Fsp3) is 0.211. The fourth-order valence-corrected chi connectivity index (χ4v) is 3.17. The summed E-state index contributed by atoms with van der Waals surface area (Å²) in [4.78, 5) is 18.3. The lowest BCUT2D eigenvalue weighted by Gasteiger charge is -2.24. The molecule has 0 aliphatic carbocycles. The van der Waals surface area contributed by atoms with Crippen molar-refractivity contribution in [1.82, 2.24) is 19.7 Å². The Morgan fingerprint density at radius 2 is 2.04 bits per heavy atom. The van der Waals surface area contributed by atoms with Crippen molar-refractivity contribution >= 4 is 34.2 Å². The quantitative estimate of drug-likeness (QED) is 0.571. The highest BCUT2D eigenvalue weighted by molar-refractivity contribution is 14.1. The smallest absolute Gasteiger partial charge is 0.238 e. The van der Waals surface area contributed by atoms with Crippen molar-refractivity contribution in [2.75, 3.05) is 18.9 Å². The van der Waals surface area contributed by atoms with Gasteiger partial charge >= 0.3 is 0 Å². The number of aromatic nitrogens is 3. The van der Waals surface area contributed by atoms with Crippen LogP contribution in [0.25, 0.3) is 5.69 Å². The lowest BCUT2D eigenvalue weighted by molar-refractivity contribution is -0.117. The maximum atomic E-state index is 12.3. The van der Waals surface area contributed by atoms with E-state index in [2.05, 4.69) is 57.0 Å². The van der Waals surface area contributed by atoms with Crippen molar-refractivity contribution in [3.8, 4) is 5.69 Å². The van der Waals surface area contributed by atoms with Gasteiger partial charge in [-0.3, -0.25) is 9.69 Å². The molecule has 0 saturated carbocycles. The Labute approximate surface area is 166 Å². The average Bonchev–Trinajstić information content (AvgIpc) is 3.15. The van der Waals surface area contributed by atoms with Gasteiger partial charge in [-0.05, 0) is 72.5 Å². The van der Waals surface area contributed by atoms with Crippen LogP contribution in [-0.2, 0) is 4.79 Å². The molecule has 1 aromatic heterocycles. The van der Waals surface area contributed by atoms with Crippen LogP contribution in [0.3, 0.4) is 0 Å². The number of nitrogens with zero attached hydrogens (tertiary/aromatic N) is 4. The largest absolute Gasteiger partial charge is 0.325 e. The van der Waals surface area contributed by atoms with E-state index in [1.807, 2.05) is 48.3 Å². The zero-order chi connectivity index (χ0) is 18.5. The number of rotatable bonds is 6. The van der Waals surface area contributed by atoms with Crippen LogP contribution in [0.2, 0.25) is 0 Å². The molecular formula is C19H20IN5O. The summed E-state index contributed by atoms with van der Waals surface area (Å²) in [6.07, 6.45) is 3.18. The Morgan fingerprint density at radius 1 is 1.27 bits per heavy atom. The highest BCUT2D eigenvalue weighted by Gasteiger charge is 2.15. The number of halogens is 1. The maximum Gasteiger partial charge on any atom is 0.238 e. The van der Waals surface area contributed by atoms with Crippen LogP contribution in [0.5, 0.6) is 0 Å². The minimum Gasteiger partial charge on any atom is -0.325 e. The summed E-state index contributed by atoms with van der Waals surface area (Å²) in [5.74, 6) is -0.0272. The van der Waals surface area contributed by atoms with Crippen LogP contribution < -0.4 is 5.32 Å². The Bertz CT molecular complexity index is 864. The molecule has 6 nitrogen and oxygen atoms in total. The highest BCUT2D eigenvalue weighted by Crippen LogP contribution is 2.20.